The van der Waals surface area contributed by atoms with E-state index in [1.54, 1.807) is 0 Å². The Kier molecular flexibility index (Phi) is 3.25. The molecule has 0 spiro atoms. The fraction of sp³-hybridized carbons (Fsp3) is 0.462. The predicted molar refractivity (Wildman–Crippen MR) is 65.3 cm³/mol. The molecule has 1 saturated heterocycles. The van der Waals surface area contributed by atoms with Gasteiger partial charge in [0.15, 0.2) is 0 Å². The average molecular weight is 218 g/mol. The molecule has 1 aromatic rings. The van der Waals surface area contributed by atoms with Crippen molar-refractivity contribution in [1.29, 1.82) is 0 Å². The van der Waals surface area contributed by atoms with E-state index in [4.69, 9.17) is 5.73 Å². The number of para-hydroxylation sites is 1. The molecule has 0 aliphatic carbocycles. The summed E-state index contributed by atoms with van der Waals surface area (Å²) in [5.41, 5.74) is 7.56. The second-order valence-corrected chi connectivity index (χ2v) is 4.44. The smallest absolute Gasteiger partial charge is 0.144 e. The number of nitrogen functional groups attached to an aromatic ring is 1. The highest BCUT2D eigenvalue weighted by molar-refractivity contribution is 5.89. The Bertz CT molecular complexity index is 383. The largest absolute Gasteiger partial charge is 0.398 e. The molecule has 1 aliphatic rings. The molecule has 1 heterocycles. The molecule has 2 rings (SSSR count). The van der Waals surface area contributed by atoms with Crippen molar-refractivity contribution in [2.45, 2.75) is 19.3 Å². The predicted octanol–water partition coefficient (Wildman–Crippen LogP) is 1.55. The summed E-state index contributed by atoms with van der Waals surface area (Å²) in [4.78, 5) is 12.2. The topological polar surface area (TPSA) is 55.1 Å². The maximum atomic E-state index is 12.2. The molecular formula is C13H18N2O. The number of nitrogens with two attached hydrogens (primary N) is 1. The highest BCUT2D eigenvalue weighted by atomic mass is 16.1. The number of anilines is 1. The van der Waals surface area contributed by atoms with Crippen molar-refractivity contribution in [3.63, 3.8) is 0 Å². The third-order valence-corrected chi connectivity index (χ3v) is 3.35. The Balaban J connectivity index is 2.15. The molecule has 3 nitrogen and oxygen atoms in total. The molecule has 2 unspecified atom stereocenters. The summed E-state index contributed by atoms with van der Waals surface area (Å²) in [7, 11) is 0. The van der Waals surface area contributed by atoms with Crippen LogP contribution in [0.15, 0.2) is 24.3 Å². The molecule has 3 heteroatoms. The standard InChI is InChI=1S/C13H18N2O/c1-9(11-4-2-3-5-12(11)14)13(16)10-6-7-15-8-10/h2-5,9-10,15H,6-8,14H2,1H3. The van der Waals surface area contributed by atoms with E-state index in [9.17, 15) is 4.79 Å². The van der Waals surface area contributed by atoms with Gasteiger partial charge >= 0.3 is 0 Å². The van der Waals surface area contributed by atoms with Crippen LogP contribution in [0.25, 0.3) is 0 Å². The number of rotatable bonds is 3. The summed E-state index contributed by atoms with van der Waals surface area (Å²) in [6.45, 7) is 3.72. The molecule has 86 valence electrons. The van der Waals surface area contributed by atoms with Gasteiger partial charge in [-0.05, 0) is 24.6 Å². The lowest BCUT2D eigenvalue weighted by atomic mass is 9.87. The van der Waals surface area contributed by atoms with E-state index in [-0.39, 0.29) is 11.8 Å². The fourth-order valence-electron chi connectivity index (χ4n) is 2.31. The van der Waals surface area contributed by atoms with Crippen molar-refractivity contribution in [1.82, 2.24) is 5.32 Å². The van der Waals surface area contributed by atoms with Crippen LogP contribution >= 0.6 is 0 Å². The van der Waals surface area contributed by atoms with Gasteiger partial charge in [0.2, 0.25) is 0 Å². The summed E-state index contributed by atoms with van der Waals surface area (Å²) in [5, 5.41) is 3.22. The average Bonchev–Trinajstić information content (AvgIpc) is 2.81. The quantitative estimate of drug-likeness (QED) is 0.757. The first-order chi connectivity index (χ1) is 7.70. The minimum absolute atomic E-state index is 0.0916. The SMILES string of the molecule is CC(C(=O)C1CCNC1)c1ccccc1N. The molecule has 0 amide bonds. The molecular weight excluding hydrogens is 200 g/mol. The van der Waals surface area contributed by atoms with Gasteiger partial charge in [0.25, 0.3) is 0 Å². The van der Waals surface area contributed by atoms with Gasteiger partial charge < -0.3 is 11.1 Å². The van der Waals surface area contributed by atoms with Gasteiger partial charge in [-0.2, -0.15) is 0 Å². The maximum absolute atomic E-state index is 12.2. The molecule has 0 aromatic heterocycles. The fourth-order valence-corrected chi connectivity index (χ4v) is 2.31. The van der Waals surface area contributed by atoms with Gasteiger partial charge in [-0.3, -0.25) is 4.79 Å². The summed E-state index contributed by atoms with van der Waals surface area (Å²) >= 11 is 0. The van der Waals surface area contributed by atoms with Gasteiger partial charge in [0, 0.05) is 24.1 Å². The zero-order valence-corrected chi connectivity index (χ0v) is 9.57. The summed E-state index contributed by atoms with van der Waals surface area (Å²) < 4.78 is 0. The van der Waals surface area contributed by atoms with E-state index in [1.807, 2.05) is 31.2 Å². The van der Waals surface area contributed by atoms with Gasteiger partial charge in [-0.15, -0.1) is 0 Å². The minimum Gasteiger partial charge on any atom is -0.398 e. The van der Waals surface area contributed by atoms with Crippen LogP contribution in [0, 0.1) is 5.92 Å². The van der Waals surface area contributed by atoms with Crippen molar-refractivity contribution in [2.24, 2.45) is 5.92 Å². The molecule has 16 heavy (non-hydrogen) atoms. The summed E-state index contributed by atoms with van der Waals surface area (Å²) in [5.74, 6) is 0.378. The van der Waals surface area contributed by atoms with Crippen LogP contribution < -0.4 is 11.1 Å². The van der Waals surface area contributed by atoms with Crippen LogP contribution in [0.4, 0.5) is 5.69 Å². The molecule has 3 N–H and O–H groups in total. The normalized spacial score (nSPS) is 21.9. The first-order valence-electron chi connectivity index (χ1n) is 5.79. The van der Waals surface area contributed by atoms with Crippen LogP contribution in [0.5, 0.6) is 0 Å². The molecule has 0 radical (unpaired) electrons. The third-order valence-electron chi connectivity index (χ3n) is 3.35. The Labute approximate surface area is 96.0 Å². The van der Waals surface area contributed by atoms with Crippen molar-refractivity contribution in [3.05, 3.63) is 29.8 Å². The number of carbonyl (C=O) groups is 1. The van der Waals surface area contributed by atoms with Crippen molar-refractivity contribution < 1.29 is 4.79 Å². The Morgan fingerprint density at radius 2 is 2.25 bits per heavy atom. The number of ketones is 1. The number of carbonyl (C=O) groups excluding carboxylic acids is 1. The van der Waals surface area contributed by atoms with Crippen molar-refractivity contribution in [3.8, 4) is 0 Å². The van der Waals surface area contributed by atoms with Gasteiger partial charge in [-0.1, -0.05) is 25.1 Å². The van der Waals surface area contributed by atoms with E-state index in [2.05, 4.69) is 5.32 Å². The molecule has 0 bridgehead atoms. The lowest BCUT2D eigenvalue weighted by Crippen LogP contribution is -2.23. The molecule has 1 aromatic carbocycles. The highest BCUT2D eigenvalue weighted by Crippen LogP contribution is 2.26. The van der Waals surface area contributed by atoms with Crippen LogP contribution in [-0.2, 0) is 4.79 Å². The molecule has 1 aliphatic heterocycles. The second kappa shape index (κ2) is 4.66. The Hall–Kier alpha value is -1.35. The lowest BCUT2D eigenvalue weighted by molar-refractivity contribution is -0.123. The van der Waals surface area contributed by atoms with E-state index in [0.717, 1.165) is 25.1 Å². The Morgan fingerprint density at radius 1 is 1.50 bits per heavy atom. The highest BCUT2D eigenvalue weighted by Gasteiger charge is 2.28. The van der Waals surface area contributed by atoms with Gasteiger partial charge in [0.1, 0.15) is 5.78 Å². The number of nitrogens with one attached hydrogen (secondary N) is 1. The van der Waals surface area contributed by atoms with Crippen LogP contribution in [0.3, 0.4) is 0 Å². The van der Waals surface area contributed by atoms with E-state index in [0.29, 0.717) is 11.5 Å². The number of hydrogen-bond acceptors (Lipinski definition) is 3. The van der Waals surface area contributed by atoms with E-state index < -0.39 is 0 Å². The minimum atomic E-state index is -0.0916. The molecule has 2 atom stereocenters. The maximum Gasteiger partial charge on any atom is 0.144 e. The lowest BCUT2D eigenvalue weighted by Gasteiger charge is -2.16. The Morgan fingerprint density at radius 3 is 2.88 bits per heavy atom. The molecule has 1 fully saturated rings. The first-order valence-corrected chi connectivity index (χ1v) is 5.79. The van der Waals surface area contributed by atoms with Crippen molar-refractivity contribution in [2.75, 3.05) is 18.8 Å². The number of benzene rings is 1. The first kappa shape index (κ1) is 11.1. The van der Waals surface area contributed by atoms with Crippen molar-refractivity contribution >= 4 is 11.5 Å². The summed E-state index contributed by atoms with van der Waals surface area (Å²) in [6, 6.07) is 7.63. The zero-order chi connectivity index (χ0) is 11.5. The second-order valence-electron chi connectivity index (χ2n) is 4.44. The monoisotopic (exact) mass is 218 g/mol. The zero-order valence-electron chi connectivity index (χ0n) is 9.57. The van der Waals surface area contributed by atoms with E-state index >= 15 is 0 Å². The third kappa shape index (κ3) is 2.09. The van der Waals surface area contributed by atoms with Crippen LogP contribution in [-0.4, -0.2) is 18.9 Å². The molecule has 0 saturated carbocycles. The number of Topliss-reactive ketones (excluding diaryl/α,β-unsaturated/α-hetero) is 1. The van der Waals surface area contributed by atoms with Gasteiger partial charge in [0.05, 0.1) is 0 Å². The van der Waals surface area contributed by atoms with Crippen LogP contribution in [0.1, 0.15) is 24.8 Å². The van der Waals surface area contributed by atoms with E-state index in [1.165, 1.54) is 0 Å². The van der Waals surface area contributed by atoms with Gasteiger partial charge in [-0.25, -0.2) is 0 Å². The number of hydrogen-bond donors (Lipinski definition) is 2. The summed E-state index contributed by atoms with van der Waals surface area (Å²) in [6.07, 6.45) is 0.954. The van der Waals surface area contributed by atoms with Crippen LogP contribution in [0.2, 0.25) is 0 Å².